The average molecular weight is 247 g/mol. The van der Waals surface area contributed by atoms with Crippen LogP contribution in [0.15, 0.2) is 0 Å². The summed E-state index contributed by atoms with van der Waals surface area (Å²) >= 11 is 0. The quantitative estimate of drug-likeness (QED) is 0.434. The molecule has 0 rings (SSSR count). The molecule has 8 nitrogen and oxygen atoms in total. The van der Waals surface area contributed by atoms with Gasteiger partial charge in [-0.2, -0.15) is 0 Å². The van der Waals surface area contributed by atoms with Crippen LogP contribution in [0.2, 0.25) is 0 Å². The van der Waals surface area contributed by atoms with Gasteiger partial charge in [0.15, 0.2) is 0 Å². The van der Waals surface area contributed by atoms with Gasteiger partial charge in [-0.05, 0) is 12.3 Å². The summed E-state index contributed by atoms with van der Waals surface area (Å²) in [5.74, 6) is 0. The summed E-state index contributed by atoms with van der Waals surface area (Å²) in [5, 5.41) is 33.3. The zero-order valence-corrected chi connectivity index (χ0v) is 8.41. The van der Waals surface area contributed by atoms with E-state index in [0.29, 0.717) is 0 Å². The molecule has 0 fully saturated rings. The maximum atomic E-state index is 8.33. The third kappa shape index (κ3) is 1170. The third-order valence-electron chi connectivity index (χ3n) is 0. The van der Waals surface area contributed by atoms with Crippen LogP contribution in [0, 0.1) is 0 Å². The van der Waals surface area contributed by atoms with E-state index in [4.69, 9.17) is 30.0 Å². The number of hydrogen-bond donors (Lipinski definition) is 2. The van der Waals surface area contributed by atoms with Gasteiger partial charge in [0.25, 0.3) is 0 Å². The largest absolute Gasteiger partial charge is 2.00 e. The Balaban J connectivity index is -0.0000000171. The number of rotatable bonds is 0. The Morgan fingerprint density at radius 1 is 0.727 bits per heavy atom. The molecule has 0 atom stereocenters. The summed E-state index contributed by atoms with van der Waals surface area (Å²) in [4.78, 5) is 16.7. The fraction of sp³-hybridized carbons (Fsp3) is 0. The minimum Gasteiger partial charge on any atom is -0.652 e. The van der Waals surface area contributed by atoms with Gasteiger partial charge in [-0.3, -0.25) is 0 Å². The van der Waals surface area contributed by atoms with Crippen LogP contribution in [0.5, 0.6) is 0 Å². The summed E-state index contributed by atoms with van der Waals surface area (Å²) < 4.78 is 0. The van der Waals surface area contributed by atoms with Crippen molar-refractivity contribution in [2.45, 2.75) is 0 Å². The van der Waals surface area contributed by atoms with Crippen LogP contribution < -0.4 is 32.7 Å². The molecule has 0 unspecified atom stereocenters. The maximum absolute atomic E-state index is 8.33. The Labute approximate surface area is 81.1 Å². The zero-order valence-electron chi connectivity index (χ0n) is 5.95. The molecule has 0 aliphatic carbocycles. The van der Waals surface area contributed by atoms with Crippen molar-refractivity contribution >= 4 is 12.3 Å². The van der Waals surface area contributed by atoms with Crippen LogP contribution in [0.4, 0.5) is 9.59 Å². The molecule has 0 spiro atoms. The summed E-state index contributed by atoms with van der Waals surface area (Å²) in [6.07, 6.45) is -4.67. The van der Waals surface area contributed by atoms with E-state index in [1.807, 2.05) is 0 Å². The first-order chi connectivity index (χ1) is 3.46. The van der Waals surface area contributed by atoms with Gasteiger partial charge < -0.3 is 42.3 Å². The molecular weight excluding hydrogens is 239 g/mol. The van der Waals surface area contributed by atoms with Gasteiger partial charge in [0, 0.05) is 0 Å². The molecule has 0 aromatic rings. The van der Waals surface area contributed by atoms with Crippen molar-refractivity contribution in [2.75, 3.05) is 0 Å². The van der Waals surface area contributed by atoms with Crippen LogP contribution in [-0.2, 0) is 26.2 Å². The van der Waals surface area contributed by atoms with Gasteiger partial charge in [0.2, 0.25) is 0 Å². The molecule has 0 aliphatic rings. The summed E-state index contributed by atoms with van der Waals surface area (Å²) in [6.45, 7) is 0. The Morgan fingerprint density at radius 2 is 0.727 bits per heavy atom. The number of hydrogen-bond acceptors (Lipinski definition) is 6. The molecule has 0 aromatic carbocycles. The SMILES string of the molecule is O=C([O-])[O-].O=C([O-])[O-].[NH4+].[NH4+].[Zr+2]. The van der Waals surface area contributed by atoms with Gasteiger partial charge >= 0.3 is 26.2 Å². The van der Waals surface area contributed by atoms with Gasteiger partial charge in [0.05, 0.1) is 0 Å². The van der Waals surface area contributed by atoms with Gasteiger partial charge in [0.1, 0.15) is 0 Å². The smallest absolute Gasteiger partial charge is 0.652 e. The van der Waals surface area contributed by atoms with Gasteiger partial charge in [-0.15, -0.1) is 0 Å². The zero-order chi connectivity index (χ0) is 7.15. The molecule has 0 heterocycles. The normalized spacial score (nSPS) is 4.36. The molecule has 0 bridgehead atoms. The topological polar surface area (TPSA) is 199 Å². The minimum absolute atomic E-state index is 0. The molecular formula is C2H8N2O6Zr. The predicted molar refractivity (Wildman–Crippen MR) is 22.8 cm³/mol. The van der Waals surface area contributed by atoms with Gasteiger partial charge in [-0.1, -0.05) is 0 Å². The first-order valence-corrected chi connectivity index (χ1v) is 1.22. The van der Waals surface area contributed by atoms with Crippen molar-refractivity contribution in [3.63, 3.8) is 0 Å². The molecule has 11 heavy (non-hydrogen) atoms. The Morgan fingerprint density at radius 3 is 0.727 bits per heavy atom. The number of quaternary nitrogens is 2. The summed E-state index contributed by atoms with van der Waals surface area (Å²) in [6, 6.07) is 0. The van der Waals surface area contributed by atoms with E-state index < -0.39 is 12.3 Å². The van der Waals surface area contributed by atoms with Crippen molar-refractivity contribution in [1.82, 2.24) is 12.3 Å². The molecule has 0 saturated heterocycles. The van der Waals surface area contributed by atoms with E-state index >= 15 is 0 Å². The second kappa shape index (κ2) is 22.8. The summed E-state index contributed by atoms with van der Waals surface area (Å²) in [5.41, 5.74) is 0. The number of carboxylic acid groups (broad SMARTS) is 4. The molecule has 0 radical (unpaired) electrons. The van der Waals surface area contributed by atoms with E-state index in [9.17, 15) is 0 Å². The first-order valence-electron chi connectivity index (χ1n) is 1.22. The Bertz CT molecular complexity index is 76.6. The Kier molecular flexibility index (Phi) is 65.5. The number of carbonyl (C=O) groups excluding carboxylic acids is 2. The van der Waals surface area contributed by atoms with E-state index in [0.717, 1.165) is 0 Å². The molecule has 0 aromatic heterocycles. The minimum atomic E-state index is -2.33. The predicted octanol–water partition coefficient (Wildman–Crippen LogP) is -4.14. The fourth-order valence-electron chi connectivity index (χ4n) is 0. The van der Waals surface area contributed by atoms with Crippen LogP contribution in [-0.4, -0.2) is 12.3 Å². The van der Waals surface area contributed by atoms with Crippen LogP contribution in [0.25, 0.3) is 0 Å². The molecule has 0 aliphatic heterocycles. The van der Waals surface area contributed by atoms with E-state index in [1.165, 1.54) is 0 Å². The van der Waals surface area contributed by atoms with Crippen molar-refractivity contribution in [2.24, 2.45) is 0 Å². The second-order valence-corrected chi connectivity index (χ2v) is 0.500. The van der Waals surface area contributed by atoms with Gasteiger partial charge in [-0.25, -0.2) is 0 Å². The molecule has 8 N–H and O–H groups in total. The number of carbonyl (C=O) groups is 2. The third-order valence-corrected chi connectivity index (χ3v) is 0. The Hall–Kier alpha value is -0.657. The average Bonchev–Trinajstić information content (AvgIpc) is 1.25. The van der Waals surface area contributed by atoms with Crippen LogP contribution in [0.3, 0.4) is 0 Å². The van der Waals surface area contributed by atoms with Crippen molar-refractivity contribution in [1.29, 1.82) is 0 Å². The monoisotopic (exact) mass is 246 g/mol. The van der Waals surface area contributed by atoms with Crippen LogP contribution in [0.1, 0.15) is 0 Å². The standard InChI is InChI=1S/2CH2O3.2H3N.Zr/c2*2-1(3)4;;;/h2*(H2,2,3,4);2*1H3;/q;;;;+2/p-2. The summed E-state index contributed by atoms with van der Waals surface area (Å²) in [7, 11) is 0. The maximum Gasteiger partial charge on any atom is 2.00 e. The molecule has 0 saturated carbocycles. The fourth-order valence-corrected chi connectivity index (χ4v) is 0. The van der Waals surface area contributed by atoms with Crippen molar-refractivity contribution < 1.29 is 56.2 Å². The van der Waals surface area contributed by atoms with E-state index in [2.05, 4.69) is 0 Å². The van der Waals surface area contributed by atoms with E-state index in [1.54, 1.807) is 0 Å². The van der Waals surface area contributed by atoms with E-state index in [-0.39, 0.29) is 38.5 Å². The second-order valence-electron chi connectivity index (χ2n) is 0.500. The molecule has 66 valence electrons. The first kappa shape index (κ1) is 31.6. The van der Waals surface area contributed by atoms with Crippen molar-refractivity contribution in [3.8, 4) is 0 Å². The molecule has 9 heteroatoms. The van der Waals surface area contributed by atoms with Crippen molar-refractivity contribution in [3.05, 3.63) is 0 Å². The van der Waals surface area contributed by atoms with Crippen LogP contribution >= 0.6 is 0 Å². The molecule has 0 amide bonds.